The van der Waals surface area contributed by atoms with Gasteiger partial charge in [-0.15, -0.1) is 11.3 Å². The van der Waals surface area contributed by atoms with Gasteiger partial charge in [0.1, 0.15) is 11.5 Å². The predicted molar refractivity (Wildman–Crippen MR) is 61.2 cm³/mol. The zero-order valence-corrected chi connectivity index (χ0v) is 9.62. The van der Waals surface area contributed by atoms with Crippen LogP contribution in [-0.2, 0) is 0 Å². The van der Waals surface area contributed by atoms with Crippen molar-refractivity contribution in [3.63, 3.8) is 0 Å². The Labute approximate surface area is 96.9 Å². The minimum Gasteiger partial charge on any atom is -0.347 e. The zero-order valence-electron chi connectivity index (χ0n) is 8.80. The van der Waals surface area contributed by atoms with E-state index in [1.165, 1.54) is 11.3 Å². The molecule has 0 bridgehead atoms. The summed E-state index contributed by atoms with van der Waals surface area (Å²) in [5.41, 5.74) is 2.10. The van der Waals surface area contributed by atoms with Crippen LogP contribution in [0.1, 0.15) is 35.7 Å². The lowest BCUT2D eigenvalue weighted by molar-refractivity contribution is 0.0929. The van der Waals surface area contributed by atoms with E-state index in [1.54, 1.807) is 23.3 Å². The first-order chi connectivity index (χ1) is 7.81. The molecule has 0 aliphatic carbocycles. The van der Waals surface area contributed by atoms with Crippen LogP contribution in [0.4, 0.5) is 0 Å². The molecule has 5 nitrogen and oxygen atoms in total. The summed E-state index contributed by atoms with van der Waals surface area (Å²) in [6.45, 7) is 1.99. The van der Waals surface area contributed by atoms with Gasteiger partial charge in [-0.1, -0.05) is 6.92 Å². The van der Waals surface area contributed by atoms with Gasteiger partial charge in [0, 0.05) is 17.8 Å². The van der Waals surface area contributed by atoms with Crippen molar-refractivity contribution in [1.82, 2.24) is 20.3 Å². The molecule has 2 N–H and O–H groups in total. The second-order valence-corrected chi connectivity index (χ2v) is 4.00. The second-order valence-electron chi connectivity index (χ2n) is 3.28. The number of aromatic amines is 1. The summed E-state index contributed by atoms with van der Waals surface area (Å²) in [6.07, 6.45) is 4.20. The van der Waals surface area contributed by atoms with Crippen molar-refractivity contribution < 1.29 is 4.79 Å². The summed E-state index contributed by atoms with van der Waals surface area (Å²) < 4.78 is 0. The van der Waals surface area contributed by atoms with E-state index < -0.39 is 0 Å². The van der Waals surface area contributed by atoms with Crippen LogP contribution in [0, 0.1) is 0 Å². The molecule has 84 valence electrons. The van der Waals surface area contributed by atoms with Crippen molar-refractivity contribution in [3.8, 4) is 0 Å². The molecule has 0 aliphatic rings. The first-order valence-corrected chi connectivity index (χ1v) is 5.94. The van der Waals surface area contributed by atoms with Crippen LogP contribution >= 0.6 is 11.3 Å². The second kappa shape index (κ2) is 4.89. The van der Waals surface area contributed by atoms with Gasteiger partial charge in [-0.3, -0.25) is 4.79 Å². The Morgan fingerprint density at radius 3 is 3.06 bits per heavy atom. The molecular formula is C10H12N4OS. The lowest BCUT2D eigenvalue weighted by atomic mass is 10.2. The van der Waals surface area contributed by atoms with Crippen molar-refractivity contribution >= 4 is 17.2 Å². The largest absolute Gasteiger partial charge is 0.347 e. The molecule has 1 unspecified atom stereocenters. The number of H-pyrrole nitrogens is 1. The summed E-state index contributed by atoms with van der Waals surface area (Å²) in [5.74, 6) is 0.607. The van der Waals surface area contributed by atoms with Gasteiger partial charge in [-0.25, -0.2) is 9.97 Å². The van der Waals surface area contributed by atoms with Crippen LogP contribution in [0.3, 0.4) is 0 Å². The first kappa shape index (κ1) is 10.8. The number of rotatable bonds is 4. The fourth-order valence-corrected chi connectivity index (χ4v) is 1.92. The summed E-state index contributed by atoms with van der Waals surface area (Å²) in [5, 5.41) is 4.61. The third-order valence-electron chi connectivity index (χ3n) is 2.23. The summed E-state index contributed by atoms with van der Waals surface area (Å²) in [4.78, 5) is 22.9. The van der Waals surface area contributed by atoms with Gasteiger partial charge in [0.15, 0.2) is 0 Å². The molecular weight excluding hydrogens is 224 g/mol. The third kappa shape index (κ3) is 2.27. The number of nitrogens with zero attached hydrogens (tertiary/aromatic N) is 2. The molecule has 2 rings (SSSR count). The maximum absolute atomic E-state index is 11.8. The average molecular weight is 236 g/mol. The van der Waals surface area contributed by atoms with E-state index in [0.29, 0.717) is 5.69 Å². The van der Waals surface area contributed by atoms with E-state index >= 15 is 0 Å². The van der Waals surface area contributed by atoms with Crippen LogP contribution in [0.25, 0.3) is 0 Å². The number of amides is 1. The standard InChI is InChI=1S/C10H12N4OS/c1-2-7(9-11-3-4-12-9)14-10(15)8-5-16-6-13-8/h3-7H,2H2,1H3,(H,11,12)(H,14,15). The van der Waals surface area contributed by atoms with E-state index in [4.69, 9.17) is 0 Å². The topological polar surface area (TPSA) is 70.7 Å². The molecule has 0 spiro atoms. The van der Waals surface area contributed by atoms with Crippen LogP contribution < -0.4 is 5.32 Å². The lowest BCUT2D eigenvalue weighted by Gasteiger charge is -2.13. The molecule has 0 aromatic carbocycles. The average Bonchev–Trinajstić information content (AvgIpc) is 2.96. The van der Waals surface area contributed by atoms with Gasteiger partial charge in [-0.05, 0) is 6.42 Å². The van der Waals surface area contributed by atoms with Gasteiger partial charge in [0.05, 0.1) is 11.6 Å². The van der Waals surface area contributed by atoms with E-state index in [2.05, 4.69) is 20.3 Å². The molecule has 6 heteroatoms. The number of aromatic nitrogens is 3. The van der Waals surface area contributed by atoms with Crippen LogP contribution in [0.15, 0.2) is 23.3 Å². The summed E-state index contributed by atoms with van der Waals surface area (Å²) >= 11 is 1.40. The van der Waals surface area contributed by atoms with Crippen molar-refractivity contribution in [1.29, 1.82) is 0 Å². The zero-order chi connectivity index (χ0) is 11.4. The number of hydrogen-bond donors (Lipinski definition) is 2. The molecule has 0 saturated carbocycles. The van der Waals surface area contributed by atoms with Crippen molar-refractivity contribution in [3.05, 3.63) is 34.8 Å². The Morgan fingerprint density at radius 1 is 1.62 bits per heavy atom. The van der Waals surface area contributed by atoms with Gasteiger partial charge >= 0.3 is 0 Å². The van der Waals surface area contributed by atoms with Gasteiger partial charge in [-0.2, -0.15) is 0 Å². The summed E-state index contributed by atoms with van der Waals surface area (Å²) in [7, 11) is 0. The number of hydrogen-bond acceptors (Lipinski definition) is 4. The Morgan fingerprint density at radius 2 is 2.50 bits per heavy atom. The first-order valence-electron chi connectivity index (χ1n) is 4.99. The maximum Gasteiger partial charge on any atom is 0.271 e. The highest BCUT2D eigenvalue weighted by Crippen LogP contribution is 2.12. The quantitative estimate of drug-likeness (QED) is 0.849. The number of imidazole rings is 1. The Hall–Kier alpha value is -1.69. The van der Waals surface area contributed by atoms with Gasteiger partial charge in [0.25, 0.3) is 5.91 Å². The Bertz CT molecular complexity index is 437. The van der Waals surface area contributed by atoms with Gasteiger partial charge < -0.3 is 10.3 Å². The van der Waals surface area contributed by atoms with E-state index in [9.17, 15) is 4.79 Å². The van der Waals surface area contributed by atoms with Crippen molar-refractivity contribution in [2.75, 3.05) is 0 Å². The van der Waals surface area contributed by atoms with Crippen molar-refractivity contribution in [2.24, 2.45) is 0 Å². The Balaban J connectivity index is 2.05. The maximum atomic E-state index is 11.8. The molecule has 0 saturated heterocycles. The SMILES string of the molecule is CCC(NC(=O)c1cscn1)c1ncc[nH]1. The fourth-order valence-electron chi connectivity index (χ4n) is 1.39. The number of thiazole rings is 1. The van der Waals surface area contributed by atoms with E-state index in [-0.39, 0.29) is 11.9 Å². The van der Waals surface area contributed by atoms with Crippen LogP contribution in [0.2, 0.25) is 0 Å². The normalized spacial score (nSPS) is 12.3. The van der Waals surface area contributed by atoms with Crippen molar-refractivity contribution in [2.45, 2.75) is 19.4 Å². The molecule has 2 aromatic rings. The highest BCUT2D eigenvalue weighted by atomic mass is 32.1. The molecule has 16 heavy (non-hydrogen) atoms. The van der Waals surface area contributed by atoms with Gasteiger partial charge in [0.2, 0.25) is 0 Å². The molecule has 1 amide bonds. The van der Waals surface area contributed by atoms with Crippen LogP contribution in [0.5, 0.6) is 0 Å². The Kier molecular flexibility index (Phi) is 3.31. The molecule has 1 atom stereocenters. The molecule has 2 heterocycles. The highest BCUT2D eigenvalue weighted by Gasteiger charge is 2.16. The monoisotopic (exact) mass is 236 g/mol. The van der Waals surface area contributed by atoms with Crippen LogP contribution in [-0.4, -0.2) is 20.9 Å². The number of nitrogens with one attached hydrogen (secondary N) is 2. The molecule has 2 aromatic heterocycles. The highest BCUT2D eigenvalue weighted by molar-refractivity contribution is 7.07. The minimum absolute atomic E-state index is 0.0933. The fraction of sp³-hybridized carbons (Fsp3) is 0.300. The lowest BCUT2D eigenvalue weighted by Crippen LogP contribution is -2.29. The smallest absolute Gasteiger partial charge is 0.271 e. The van der Waals surface area contributed by atoms with E-state index in [0.717, 1.165) is 12.2 Å². The van der Waals surface area contributed by atoms with E-state index in [1.807, 2.05) is 6.92 Å². The minimum atomic E-state index is -0.162. The summed E-state index contributed by atoms with van der Waals surface area (Å²) in [6, 6.07) is -0.0933. The molecule has 0 radical (unpaired) electrons. The third-order valence-corrected chi connectivity index (χ3v) is 2.81. The number of carbonyl (C=O) groups is 1. The molecule has 0 aliphatic heterocycles. The number of carbonyl (C=O) groups excluding carboxylic acids is 1. The molecule has 0 fully saturated rings. The predicted octanol–water partition coefficient (Wildman–Crippen LogP) is 1.75.